The minimum absolute atomic E-state index is 0. The lowest BCUT2D eigenvalue weighted by Gasteiger charge is -2.46. The number of nitrogens with one attached hydrogen (secondary N) is 1. The second-order valence-electron chi connectivity index (χ2n) is 12.3. The summed E-state index contributed by atoms with van der Waals surface area (Å²) in [7, 11) is -2.45. The van der Waals surface area contributed by atoms with E-state index in [2.05, 4.69) is 28.3 Å². The Hall–Kier alpha value is -2.30. The molecule has 2 aromatic carbocycles. The molecular formula is C31H41Cl2N3O5S. The summed E-state index contributed by atoms with van der Waals surface area (Å²) in [5.74, 6) is 0.517. The molecule has 1 heterocycles. The summed E-state index contributed by atoms with van der Waals surface area (Å²) in [4.78, 5) is 14.7. The van der Waals surface area contributed by atoms with Gasteiger partial charge in [-0.3, -0.25) is 4.79 Å². The molecule has 2 aliphatic carbocycles. The number of sulfonamides is 1. The number of ether oxygens (including phenoxy) is 2. The van der Waals surface area contributed by atoms with E-state index in [9.17, 15) is 13.2 Å². The number of halogens is 2. The standard InChI is InChI=1S/C31H40ClN3O5S.ClH/c1-5-27(39-4)24-11-8-21(24)17-35-18-31(14-6-7-20-15-22(32)9-12-25(20)31)19-40-28-13-10-23(16-26(28)35)41(37,38)34-29(36)30(2,3)33;/h5,9-10,12-13,15-16,21,24,27H,1,6-8,11,14,17-19,33H2,2-4H3,(H,34,36);1H/t21-,24+,27?,31-;/m0./s1. The first kappa shape index (κ1) is 32.6. The third kappa shape index (κ3) is 6.31. The average Bonchev–Trinajstić information content (AvgIpc) is 3.05. The number of fused-ring (bicyclic) bond motifs is 3. The van der Waals surface area contributed by atoms with Gasteiger partial charge in [0.2, 0.25) is 0 Å². The number of hydrogen-bond acceptors (Lipinski definition) is 7. The van der Waals surface area contributed by atoms with Crippen LogP contribution in [0.4, 0.5) is 5.69 Å². The normalized spacial score (nSPS) is 24.2. The molecule has 3 N–H and O–H groups in total. The summed E-state index contributed by atoms with van der Waals surface area (Å²) in [5, 5.41) is 0.723. The zero-order chi connectivity index (χ0) is 29.6. The van der Waals surface area contributed by atoms with Crippen molar-refractivity contribution in [3.05, 3.63) is 65.2 Å². The van der Waals surface area contributed by atoms with E-state index in [1.807, 2.05) is 12.1 Å². The molecule has 11 heteroatoms. The van der Waals surface area contributed by atoms with Gasteiger partial charge in [-0.25, -0.2) is 13.1 Å². The van der Waals surface area contributed by atoms with E-state index in [4.69, 9.17) is 26.8 Å². The van der Waals surface area contributed by atoms with Crippen molar-refractivity contribution in [2.45, 2.75) is 67.9 Å². The number of carbonyl (C=O) groups is 1. The molecule has 4 atom stereocenters. The van der Waals surface area contributed by atoms with Gasteiger partial charge in [-0.05, 0) is 99.2 Å². The predicted molar refractivity (Wildman–Crippen MR) is 168 cm³/mol. The minimum Gasteiger partial charge on any atom is -0.490 e. The molecule has 0 bridgehead atoms. The van der Waals surface area contributed by atoms with Crippen LogP contribution in [0.3, 0.4) is 0 Å². The highest BCUT2D eigenvalue weighted by Gasteiger charge is 2.44. The SMILES string of the molecule is C=CC(OC)[C@@H]1CC[C@H]1CN1C[C@@]2(CCCc3cc(Cl)ccc32)COc2ccc(S(=O)(=O)NC(=O)C(C)(C)N)cc21.Cl. The van der Waals surface area contributed by atoms with Crippen molar-refractivity contribution >= 4 is 45.6 Å². The molecule has 3 aliphatic rings. The molecule has 0 radical (unpaired) electrons. The van der Waals surface area contributed by atoms with Crippen LogP contribution in [0.5, 0.6) is 5.75 Å². The summed E-state index contributed by atoms with van der Waals surface area (Å²) in [5.41, 5.74) is 7.39. The van der Waals surface area contributed by atoms with Crippen LogP contribution in [0, 0.1) is 11.8 Å². The van der Waals surface area contributed by atoms with Gasteiger partial charge in [-0.1, -0.05) is 23.7 Å². The van der Waals surface area contributed by atoms with E-state index in [1.165, 1.54) is 31.0 Å². The number of hydrogen-bond donors (Lipinski definition) is 2. The molecule has 0 saturated heterocycles. The Balaban J connectivity index is 0.00000405. The molecule has 0 aromatic heterocycles. The van der Waals surface area contributed by atoms with Crippen molar-refractivity contribution in [1.82, 2.24) is 4.72 Å². The Morgan fingerprint density at radius 3 is 2.71 bits per heavy atom. The highest BCUT2D eigenvalue weighted by molar-refractivity contribution is 7.90. The lowest BCUT2D eigenvalue weighted by Crippen LogP contribution is -2.50. The van der Waals surface area contributed by atoms with E-state index >= 15 is 0 Å². The second kappa shape index (κ2) is 12.4. The maximum atomic E-state index is 13.3. The summed E-state index contributed by atoms with van der Waals surface area (Å²) in [6, 6.07) is 10.9. The van der Waals surface area contributed by atoms with Gasteiger partial charge in [0.25, 0.3) is 15.9 Å². The monoisotopic (exact) mass is 637 g/mol. The molecule has 1 unspecified atom stereocenters. The van der Waals surface area contributed by atoms with Gasteiger partial charge in [0.15, 0.2) is 0 Å². The molecule has 230 valence electrons. The van der Waals surface area contributed by atoms with Gasteiger partial charge in [-0.2, -0.15) is 0 Å². The van der Waals surface area contributed by atoms with Crippen LogP contribution in [0.25, 0.3) is 0 Å². The summed E-state index contributed by atoms with van der Waals surface area (Å²) in [6.07, 6.45) is 6.84. The molecule has 1 aliphatic heterocycles. The van der Waals surface area contributed by atoms with Crippen LogP contribution < -0.4 is 20.1 Å². The van der Waals surface area contributed by atoms with Gasteiger partial charge in [0.05, 0.1) is 28.8 Å². The zero-order valence-corrected chi connectivity index (χ0v) is 26.8. The lowest BCUT2D eigenvalue weighted by molar-refractivity contribution is -0.123. The topological polar surface area (TPSA) is 111 Å². The largest absolute Gasteiger partial charge is 0.490 e. The minimum atomic E-state index is -4.16. The van der Waals surface area contributed by atoms with E-state index in [1.54, 1.807) is 19.2 Å². The van der Waals surface area contributed by atoms with Crippen LogP contribution in [-0.4, -0.2) is 52.8 Å². The predicted octanol–water partition coefficient (Wildman–Crippen LogP) is 5.00. The van der Waals surface area contributed by atoms with E-state index in [-0.39, 0.29) is 28.8 Å². The maximum Gasteiger partial charge on any atom is 0.264 e. The third-order valence-corrected chi connectivity index (χ3v) is 10.6. The first-order valence-corrected chi connectivity index (χ1v) is 16.1. The quantitative estimate of drug-likeness (QED) is 0.392. The molecule has 5 rings (SSSR count). The van der Waals surface area contributed by atoms with Crippen LogP contribution in [0.2, 0.25) is 5.02 Å². The molecule has 42 heavy (non-hydrogen) atoms. The molecule has 2 aromatic rings. The summed E-state index contributed by atoms with van der Waals surface area (Å²) in [6.45, 7) is 8.74. The van der Waals surface area contributed by atoms with E-state index < -0.39 is 21.5 Å². The highest BCUT2D eigenvalue weighted by atomic mass is 35.5. The first-order chi connectivity index (χ1) is 19.4. The van der Waals surface area contributed by atoms with Crippen molar-refractivity contribution in [1.29, 1.82) is 0 Å². The molecule has 1 spiro atoms. The Bertz CT molecular complexity index is 1440. The average molecular weight is 639 g/mol. The number of rotatable bonds is 8. The van der Waals surface area contributed by atoms with Crippen molar-refractivity contribution in [2.75, 3.05) is 31.7 Å². The number of aryl methyl sites for hydroxylation is 1. The number of nitrogens with zero attached hydrogens (tertiary/aromatic N) is 1. The number of amides is 1. The molecule has 1 amide bonds. The first-order valence-electron chi connectivity index (χ1n) is 14.2. The van der Waals surface area contributed by atoms with Gasteiger partial charge in [0.1, 0.15) is 5.75 Å². The van der Waals surface area contributed by atoms with Crippen LogP contribution >= 0.6 is 24.0 Å². The molecular weight excluding hydrogens is 597 g/mol. The van der Waals surface area contributed by atoms with Crippen molar-refractivity contribution < 1.29 is 22.7 Å². The third-order valence-electron chi connectivity index (χ3n) is 8.99. The second-order valence-corrected chi connectivity index (χ2v) is 14.4. The fourth-order valence-electron chi connectivity index (χ4n) is 6.56. The van der Waals surface area contributed by atoms with Crippen LogP contribution in [0.1, 0.15) is 50.7 Å². The Morgan fingerprint density at radius 1 is 1.31 bits per heavy atom. The maximum absolute atomic E-state index is 13.3. The van der Waals surface area contributed by atoms with E-state index in [0.717, 1.165) is 37.1 Å². The Kier molecular flexibility index (Phi) is 9.60. The van der Waals surface area contributed by atoms with Crippen molar-refractivity contribution in [2.24, 2.45) is 17.6 Å². The smallest absolute Gasteiger partial charge is 0.264 e. The molecule has 1 fully saturated rings. The zero-order valence-electron chi connectivity index (χ0n) is 24.4. The number of nitrogens with two attached hydrogens (primary N) is 1. The van der Waals surface area contributed by atoms with Gasteiger partial charge in [0, 0.05) is 30.6 Å². The van der Waals surface area contributed by atoms with Gasteiger partial charge >= 0.3 is 0 Å². The highest BCUT2D eigenvalue weighted by Crippen LogP contribution is 2.47. The number of carbonyl (C=O) groups excluding carboxylic acids is 1. The fraction of sp³-hybridized carbons (Fsp3) is 0.516. The number of anilines is 1. The van der Waals surface area contributed by atoms with Gasteiger partial charge in [-0.15, -0.1) is 19.0 Å². The molecule has 8 nitrogen and oxygen atoms in total. The summed E-state index contributed by atoms with van der Waals surface area (Å²) >= 11 is 6.37. The van der Waals surface area contributed by atoms with Crippen molar-refractivity contribution in [3.63, 3.8) is 0 Å². The van der Waals surface area contributed by atoms with E-state index in [0.29, 0.717) is 43.0 Å². The molecule has 1 saturated carbocycles. The number of methoxy groups -OCH3 is 1. The lowest BCUT2D eigenvalue weighted by atomic mass is 9.68. The van der Waals surface area contributed by atoms with Crippen LogP contribution in [-0.2, 0) is 31.4 Å². The van der Waals surface area contributed by atoms with Crippen molar-refractivity contribution in [3.8, 4) is 5.75 Å². The van der Waals surface area contributed by atoms with Crippen LogP contribution in [0.15, 0.2) is 53.9 Å². The Morgan fingerprint density at radius 2 is 2.07 bits per heavy atom. The number of benzene rings is 2. The van der Waals surface area contributed by atoms with Gasteiger partial charge < -0.3 is 20.1 Å². The Labute approximate surface area is 260 Å². The summed E-state index contributed by atoms with van der Waals surface area (Å²) < 4.78 is 40.9. The fourth-order valence-corrected chi connectivity index (χ4v) is 7.89.